The standard InChI is InChI=1S/C23H21ClN4OS2/c1-2-15-5-7-16(8-6-15)21(19-4-3-13-31-19)25-20(29)14-28-22(26-27-23(28)30)17-9-11-18(24)12-10-17/h3-13,21H,2,14H2,1H3,(H,25,29)(H,27,30)/t21-/m0/s1. The van der Waals surface area contributed by atoms with Gasteiger partial charge in [0.1, 0.15) is 6.54 Å². The first kappa shape index (κ1) is 21.5. The van der Waals surface area contributed by atoms with Crippen LogP contribution in [0.4, 0.5) is 0 Å². The van der Waals surface area contributed by atoms with E-state index in [1.807, 2.05) is 29.6 Å². The zero-order valence-corrected chi connectivity index (χ0v) is 19.2. The number of nitrogens with one attached hydrogen (secondary N) is 2. The van der Waals surface area contributed by atoms with E-state index >= 15 is 0 Å². The van der Waals surface area contributed by atoms with Crippen LogP contribution in [0.2, 0.25) is 5.02 Å². The van der Waals surface area contributed by atoms with Crippen LogP contribution in [0.25, 0.3) is 11.4 Å². The quantitative estimate of drug-likeness (QED) is 0.337. The van der Waals surface area contributed by atoms with E-state index in [1.54, 1.807) is 28.0 Å². The van der Waals surface area contributed by atoms with Crippen molar-refractivity contribution in [3.05, 3.63) is 91.8 Å². The minimum atomic E-state index is -0.224. The molecule has 0 unspecified atom stereocenters. The van der Waals surface area contributed by atoms with Gasteiger partial charge in [0.15, 0.2) is 10.6 Å². The number of amides is 1. The fraction of sp³-hybridized carbons (Fsp3) is 0.174. The fourth-order valence-corrected chi connectivity index (χ4v) is 4.48. The summed E-state index contributed by atoms with van der Waals surface area (Å²) in [5.41, 5.74) is 3.13. The first-order chi connectivity index (χ1) is 15.0. The summed E-state index contributed by atoms with van der Waals surface area (Å²) >= 11 is 13.0. The van der Waals surface area contributed by atoms with Gasteiger partial charge in [-0.2, -0.15) is 5.10 Å². The number of halogens is 1. The molecule has 0 spiro atoms. The van der Waals surface area contributed by atoms with Crippen molar-refractivity contribution in [2.24, 2.45) is 0 Å². The van der Waals surface area contributed by atoms with E-state index in [2.05, 4.69) is 46.7 Å². The highest BCUT2D eigenvalue weighted by molar-refractivity contribution is 7.71. The maximum atomic E-state index is 13.1. The summed E-state index contributed by atoms with van der Waals surface area (Å²) in [6.07, 6.45) is 0.975. The van der Waals surface area contributed by atoms with E-state index in [1.165, 1.54) is 5.56 Å². The van der Waals surface area contributed by atoms with Crippen molar-refractivity contribution in [2.75, 3.05) is 0 Å². The summed E-state index contributed by atoms with van der Waals surface area (Å²) in [6, 6.07) is 19.4. The molecule has 0 fully saturated rings. The van der Waals surface area contributed by atoms with Gasteiger partial charge in [-0.3, -0.25) is 14.5 Å². The van der Waals surface area contributed by atoms with Crippen LogP contribution in [0.5, 0.6) is 0 Å². The SMILES string of the molecule is CCc1ccc([C@H](NC(=O)Cn2c(-c3ccc(Cl)cc3)n[nH]c2=S)c2cccs2)cc1. The molecule has 0 aliphatic rings. The molecule has 31 heavy (non-hydrogen) atoms. The van der Waals surface area contributed by atoms with Gasteiger partial charge in [-0.25, -0.2) is 0 Å². The molecule has 0 bridgehead atoms. The van der Waals surface area contributed by atoms with Crippen LogP contribution in [0, 0.1) is 4.77 Å². The third-order valence-corrected chi connectivity index (χ3v) is 6.52. The van der Waals surface area contributed by atoms with Gasteiger partial charge in [0.2, 0.25) is 5.91 Å². The monoisotopic (exact) mass is 468 g/mol. The molecule has 0 aliphatic heterocycles. The van der Waals surface area contributed by atoms with Crippen LogP contribution in [0.15, 0.2) is 66.0 Å². The average Bonchev–Trinajstić information content (AvgIpc) is 3.44. The van der Waals surface area contributed by atoms with Crippen molar-refractivity contribution in [3.8, 4) is 11.4 Å². The second kappa shape index (κ2) is 9.60. The lowest BCUT2D eigenvalue weighted by molar-refractivity contribution is -0.122. The number of thiophene rings is 1. The van der Waals surface area contributed by atoms with Gasteiger partial charge < -0.3 is 5.32 Å². The highest BCUT2D eigenvalue weighted by Gasteiger charge is 2.20. The van der Waals surface area contributed by atoms with Crippen molar-refractivity contribution in [1.82, 2.24) is 20.1 Å². The predicted octanol–water partition coefficient (Wildman–Crippen LogP) is 5.79. The van der Waals surface area contributed by atoms with Crippen molar-refractivity contribution >= 4 is 41.1 Å². The Hall–Kier alpha value is -2.74. The summed E-state index contributed by atoms with van der Waals surface area (Å²) in [5, 5.41) is 12.9. The van der Waals surface area contributed by atoms with E-state index in [0.29, 0.717) is 15.6 Å². The molecule has 0 saturated carbocycles. The van der Waals surface area contributed by atoms with Crippen molar-refractivity contribution < 1.29 is 4.79 Å². The van der Waals surface area contributed by atoms with Crippen molar-refractivity contribution in [1.29, 1.82) is 0 Å². The third-order valence-electron chi connectivity index (χ3n) is 5.02. The maximum Gasteiger partial charge on any atom is 0.240 e. The van der Waals surface area contributed by atoms with Gasteiger partial charge in [0.25, 0.3) is 0 Å². The van der Waals surface area contributed by atoms with Gasteiger partial charge >= 0.3 is 0 Å². The molecule has 4 rings (SSSR count). The second-order valence-electron chi connectivity index (χ2n) is 7.06. The van der Waals surface area contributed by atoms with Gasteiger partial charge in [0, 0.05) is 15.5 Å². The Morgan fingerprint density at radius 3 is 2.58 bits per heavy atom. The zero-order valence-electron chi connectivity index (χ0n) is 16.8. The van der Waals surface area contributed by atoms with E-state index < -0.39 is 0 Å². The summed E-state index contributed by atoms with van der Waals surface area (Å²) in [6.45, 7) is 2.18. The maximum absolute atomic E-state index is 13.1. The van der Waals surface area contributed by atoms with E-state index in [4.69, 9.17) is 23.8 Å². The Kier molecular flexibility index (Phi) is 6.65. The molecule has 2 aromatic heterocycles. The van der Waals surface area contributed by atoms with Crippen LogP contribution in [0.1, 0.15) is 29.0 Å². The number of aromatic amines is 1. The summed E-state index contributed by atoms with van der Waals surface area (Å²) in [4.78, 5) is 14.1. The van der Waals surface area contributed by atoms with Crippen LogP contribution in [0.3, 0.4) is 0 Å². The third kappa shape index (κ3) is 4.95. The van der Waals surface area contributed by atoms with Gasteiger partial charge in [0.05, 0.1) is 6.04 Å². The summed E-state index contributed by atoms with van der Waals surface area (Å²) in [5.74, 6) is 0.447. The minimum Gasteiger partial charge on any atom is -0.343 e. The molecule has 158 valence electrons. The van der Waals surface area contributed by atoms with Gasteiger partial charge in [-0.15, -0.1) is 11.3 Å². The number of hydrogen-bond acceptors (Lipinski definition) is 4. The lowest BCUT2D eigenvalue weighted by Crippen LogP contribution is -2.32. The number of benzene rings is 2. The molecule has 5 nitrogen and oxygen atoms in total. The normalized spacial score (nSPS) is 11.9. The van der Waals surface area contributed by atoms with Gasteiger partial charge in [-0.1, -0.05) is 48.9 Å². The van der Waals surface area contributed by atoms with Crippen LogP contribution < -0.4 is 5.32 Å². The minimum absolute atomic E-state index is 0.0577. The average molecular weight is 469 g/mol. The summed E-state index contributed by atoms with van der Waals surface area (Å²) in [7, 11) is 0. The molecule has 2 aromatic carbocycles. The molecular weight excluding hydrogens is 448 g/mol. The van der Waals surface area contributed by atoms with Gasteiger partial charge in [-0.05, 0) is 65.5 Å². The predicted molar refractivity (Wildman–Crippen MR) is 128 cm³/mol. The zero-order chi connectivity index (χ0) is 21.8. The molecule has 8 heteroatoms. The largest absolute Gasteiger partial charge is 0.343 e. The molecule has 4 aromatic rings. The number of H-pyrrole nitrogens is 1. The highest BCUT2D eigenvalue weighted by atomic mass is 35.5. The molecule has 2 N–H and O–H groups in total. The van der Waals surface area contributed by atoms with Crippen LogP contribution in [-0.2, 0) is 17.8 Å². The molecular formula is C23H21ClN4OS2. The molecule has 0 aliphatic carbocycles. The number of hydrogen-bond donors (Lipinski definition) is 2. The Morgan fingerprint density at radius 2 is 1.94 bits per heavy atom. The van der Waals surface area contributed by atoms with Crippen LogP contribution >= 0.6 is 35.2 Å². The number of rotatable bonds is 7. The Bertz CT molecular complexity index is 1210. The number of aromatic nitrogens is 3. The highest BCUT2D eigenvalue weighted by Crippen LogP contribution is 2.27. The van der Waals surface area contributed by atoms with E-state index in [9.17, 15) is 4.79 Å². The second-order valence-corrected chi connectivity index (χ2v) is 8.86. The topological polar surface area (TPSA) is 62.7 Å². The number of aryl methyl sites for hydroxylation is 1. The van der Waals surface area contributed by atoms with Crippen molar-refractivity contribution in [2.45, 2.75) is 25.9 Å². The first-order valence-electron chi connectivity index (χ1n) is 9.88. The summed E-state index contributed by atoms with van der Waals surface area (Å²) < 4.78 is 2.08. The molecule has 1 amide bonds. The fourth-order valence-electron chi connectivity index (χ4n) is 3.35. The first-order valence-corrected chi connectivity index (χ1v) is 11.5. The van der Waals surface area contributed by atoms with E-state index in [-0.39, 0.29) is 18.5 Å². The van der Waals surface area contributed by atoms with Crippen LogP contribution in [-0.4, -0.2) is 20.7 Å². The molecule has 2 heterocycles. The number of nitrogens with zero attached hydrogens (tertiary/aromatic N) is 2. The Morgan fingerprint density at radius 1 is 1.19 bits per heavy atom. The molecule has 0 saturated heterocycles. The molecule has 0 radical (unpaired) electrons. The van der Waals surface area contributed by atoms with E-state index in [0.717, 1.165) is 22.4 Å². The molecule has 1 atom stereocenters. The number of carbonyl (C=O) groups is 1. The lowest BCUT2D eigenvalue weighted by atomic mass is 10.0. The smallest absolute Gasteiger partial charge is 0.240 e. The lowest BCUT2D eigenvalue weighted by Gasteiger charge is -2.19. The number of carbonyl (C=O) groups excluding carboxylic acids is 1. The Labute approximate surface area is 194 Å². The van der Waals surface area contributed by atoms with Crippen molar-refractivity contribution in [3.63, 3.8) is 0 Å². The Balaban J connectivity index is 1.58.